The van der Waals surface area contributed by atoms with Gasteiger partial charge in [0.2, 0.25) is 0 Å². The Balaban J connectivity index is 2.09. The molecule has 0 spiro atoms. The minimum absolute atomic E-state index is 0.314. The van der Waals surface area contributed by atoms with Crippen LogP contribution >= 0.6 is 0 Å². The van der Waals surface area contributed by atoms with Gasteiger partial charge in [0, 0.05) is 13.0 Å². The average molecular weight is 291 g/mol. The van der Waals surface area contributed by atoms with E-state index < -0.39 is 11.5 Å². The van der Waals surface area contributed by atoms with Crippen LogP contribution < -0.4 is 5.32 Å². The first kappa shape index (κ1) is 16.0. The Labute approximate surface area is 126 Å². The third-order valence-electron chi connectivity index (χ3n) is 4.24. The molecule has 0 radical (unpaired) electrons. The highest BCUT2D eigenvalue weighted by molar-refractivity contribution is 5.80. The molecule has 1 aromatic carbocycles. The molecular weight excluding hydrogens is 266 g/mol. The minimum Gasteiger partial charge on any atom is -0.480 e. The molecule has 1 aliphatic carbocycles. The fraction of sp³-hybridized carbons (Fsp3) is 0.588. The van der Waals surface area contributed by atoms with Crippen molar-refractivity contribution in [3.8, 4) is 0 Å². The third-order valence-corrected chi connectivity index (χ3v) is 4.24. The van der Waals surface area contributed by atoms with Gasteiger partial charge in [-0.25, -0.2) is 4.79 Å². The average Bonchev–Trinajstić information content (AvgIpc) is 3.00. The second kappa shape index (κ2) is 7.57. The molecule has 1 fully saturated rings. The van der Waals surface area contributed by atoms with Crippen molar-refractivity contribution in [2.75, 3.05) is 13.2 Å². The van der Waals surface area contributed by atoms with Crippen LogP contribution in [0, 0.1) is 0 Å². The molecule has 4 nitrogen and oxygen atoms in total. The molecule has 0 amide bonds. The first-order valence-electron chi connectivity index (χ1n) is 7.84. The zero-order valence-electron chi connectivity index (χ0n) is 12.7. The Hall–Kier alpha value is -1.39. The van der Waals surface area contributed by atoms with Crippen molar-refractivity contribution in [2.24, 2.45) is 0 Å². The van der Waals surface area contributed by atoms with E-state index in [0.717, 1.165) is 18.4 Å². The van der Waals surface area contributed by atoms with Gasteiger partial charge in [-0.3, -0.25) is 5.32 Å². The van der Waals surface area contributed by atoms with Gasteiger partial charge in [-0.1, -0.05) is 50.1 Å². The predicted molar refractivity (Wildman–Crippen MR) is 82.3 cm³/mol. The lowest BCUT2D eigenvalue weighted by atomic mass is 9.86. The summed E-state index contributed by atoms with van der Waals surface area (Å²) in [6.45, 7) is 3.00. The van der Waals surface area contributed by atoms with Crippen molar-refractivity contribution >= 4 is 5.97 Å². The number of aliphatic carboxylic acids is 1. The number of hydrogen-bond donors (Lipinski definition) is 2. The summed E-state index contributed by atoms with van der Waals surface area (Å²) in [5.41, 5.74) is -0.274. The highest BCUT2D eigenvalue weighted by Crippen LogP contribution is 2.27. The van der Waals surface area contributed by atoms with E-state index in [0.29, 0.717) is 25.7 Å². The zero-order valence-corrected chi connectivity index (χ0v) is 12.7. The fourth-order valence-corrected chi connectivity index (χ4v) is 3.10. The van der Waals surface area contributed by atoms with Gasteiger partial charge in [0.15, 0.2) is 0 Å². The predicted octanol–water partition coefficient (Wildman–Crippen LogP) is 2.93. The number of rotatable bonds is 8. The maximum atomic E-state index is 11.9. The maximum Gasteiger partial charge on any atom is 0.328 e. The molecular formula is C17H25NO3. The third kappa shape index (κ3) is 3.83. The lowest BCUT2D eigenvalue weighted by Crippen LogP contribution is -2.50. The van der Waals surface area contributed by atoms with Gasteiger partial charge >= 0.3 is 5.97 Å². The molecule has 0 aromatic heterocycles. The van der Waals surface area contributed by atoms with Gasteiger partial charge < -0.3 is 9.84 Å². The summed E-state index contributed by atoms with van der Waals surface area (Å²) in [5, 5.41) is 12.9. The highest BCUT2D eigenvalue weighted by Gasteiger charge is 2.39. The number of benzene rings is 1. The SMILES string of the molecule is CCNC(CCOC1CCCC1)(C(=O)O)c1ccccc1. The van der Waals surface area contributed by atoms with E-state index in [1.807, 2.05) is 37.3 Å². The van der Waals surface area contributed by atoms with Gasteiger partial charge in [0.25, 0.3) is 0 Å². The molecule has 1 unspecified atom stereocenters. The van der Waals surface area contributed by atoms with Crippen LogP contribution in [0.25, 0.3) is 0 Å². The number of likely N-dealkylation sites (N-methyl/N-ethyl adjacent to an activating group) is 1. The van der Waals surface area contributed by atoms with Gasteiger partial charge in [0.1, 0.15) is 5.54 Å². The molecule has 21 heavy (non-hydrogen) atoms. The van der Waals surface area contributed by atoms with E-state index >= 15 is 0 Å². The number of ether oxygens (including phenoxy) is 1. The fourth-order valence-electron chi connectivity index (χ4n) is 3.10. The molecule has 2 N–H and O–H groups in total. The monoisotopic (exact) mass is 291 g/mol. The summed E-state index contributed by atoms with van der Waals surface area (Å²) in [5.74, 6) is -0.842. The molecule has 2 rings (SSSR count). The standard InChI is InChI=1S/C17H25NO3/c1-2-18-17(16(19)20,14-8-4-3-5-9-14)12-13-21-15-10-6-7-11-15/h3-5,8-9,15,18H,2,6-7,10-13H2,1H3,(H,19,20). The lowest BCUT2D eigenvalue weighted by molar-refractivity contribution is -0.146. The van der Waals surface area contributed by atoms with Crippen molar-refractivity contribution < 1.29 is 14.6 Å². The van der Waals surface area contributed by atoms with Gasteiger partial charge in [-0.2, -0.15) is 0 Å². The van der Waals surface area contributed by atoms with Crippen LogP contribution in [0.5, 0.6) is 0 Å². The smallest absolute Gasteiger partial charge is 0.328 e. The van der Waals surface area contributed by atoms with E-state index in [4.69, 9.17) is 4.74 Å². The summed E-state index contributed by atoms with van der Waals surface area (Å²) in [7, 11) is 0. The van der Waals surface area contributed by atoms with E-state index in [2.05, 4.69) is 5.32 Å². The minimum atomic E-state index is -1.06. The zero-order chi connectivity index (χ0) is 15.1. The van der Waals surface area contributed by atoms with Gasteiger partial charge in [-0.15, -0.1) is 0 Å². The van der Waals surface area contributed by atoms with Gasteiger partial charge in [0.05, 0.1) is 6.10 Å². The lowest BCUT2D eigenvalue weighted by Gasteiger charge is -2.31. The van der Waals surface area contributed by atoms with Crippen LogP contribution in [-0.2, 0) is 15.1 Å². The molecule has 0 saturated heterocycles. The molecule has 0 aliphatic heterocycles. The van der Waals surface area contributed by atoms with Crippen molar-refractivity contribution in [1.29, 1.82) is 0 Å². The van der Waals surface area contributed by atoms with E-state index in [1.54, 1.807) is 0 Å². The molecule has 1 aliphatic rings. The van der Waals surface area contributed by atoms with Crippen molar-refractivity contribution in [3.05, 3.63) is 35.9 Å². The molecule has 116 valence electrons. The number of carboxylic acid groups (broad SMARTS) is 1. The Kier molecular flexibility index (Phi) is 5.76. The van der Waals surface area contributed by atoms with Crippen molar-refractivity contribution in [2.45, 2.75) is 50.7 Å². The number of hydrogen-bond acceptors (Lipinski definition) is 3. The molecule has 0 heterocycles. The van der Waals surface area contributed by atoms with Crippen LogP contribution in [0.15, 0.2) is 30.3 Å². The number of carbonyl (C=O) groups is 1. The molecule has 1 aromatic rings. The van der Waals surface area contributed by atoms with Crippen LogP contribution in [0.4, 0.5) is 0 Å². The maximum absolute atomic E-state index is 11.9. The highest BCUT2D eigenvalue weighted by atomic mass is 16.5. The second-order valence-electron chi connectivity index (χ2n) is 5.63. The Morgan fingerprint density at radius 3 is 2.57 bits per heavy atom. The van der Waals surface area contributed by atoms with E-state index in [1.165, 1.54) is 12.8 Å². The molecule has 1 atom stereocenters. The summed E-state index contributed by atoms with van der Waals surface area (Å²) in [6.07, 6.45) is 5.41. The van der Waals surface area contributed by atoms with Crippen LogP contribution in [0.1, 0.15) is 44.6 Å². The Bertz CT molecular complexity index is 443. The first-order chi connectivity index (χ1) is 10.2. The topological polar surface area (TPSA) is 58.6 Å². The number of carboxylic acids is 1. The van der Waals surface area contributed by atoms with Crippen molar-refractivity contribution in [1.82, 2.24) is 5.32 Å². The summed E-state index contributed by atoms with van der Waals surface area (Å²) in [4.78, 5) is 11.9. The summed E-state index contributed by atoms with van der Waals surface area (Å²) in [6, 6.07) is 9.39. The number of nitrogens with one attached hydrogen (secondary N) is 1. The normalized spacial score (nSPS) is 18.5. The van der Waals surface area contributed by atoms with Crippen molar-refractivity contribution in [3.63, 3.8) is 0 Å². The first-order valence-corrected chi connectivity index (χ1v) is 7.84. The van der Waals surface area contributed by atoms with Crippen LogP contribution in [-0.4, -0.2) is 30.3 Å². The Morgan fingerprint density at radius 2 is 2.00 bits per heavy atom. The molecule has 1 saturated carbocycles. The van der Waals surface area contributed by atoms with Crippen LogP contribution in [0.3, 0.4) is 0 Å². The summed E-state index contributed by atoms with van der Waals surface area (Å²) >= 11 is 0. The van der Waals surface area contributed by atoms with Gasteiger partial charge in [-0.05, 0) is 24.9 Å². The quantitative estimate of drug-likeness (QED) is 0.773. The van der Waals surface area contributed by atoms with Crippen LogP contribution in [0.2, 0.25) is 0 Å². The summed E-state index contributed by atoms with van der Waals surface area (Å²) < 4.78 is 5.87. The van der Waals surface area contributed by atoms with E-state index in [-0.39, 0.29) is 0 Å². The molecule has 0 bridgehead atoms. The Morgan fingerprint density at radius 1 is 1.33 bits per heavy atom. The largest absolute Gasteiger partial charge is 0.480 e. The van der Waals surface area contributed by atoms with E-state index in [9.17, 15) is 9.90 Å². The molecule has 4 heteroatoms. The second-order valence-corrected chi connectivity index (χ2v) is 5.63.